The molecule has 0 spiro atoms. The first-order valence-electron chi connectivity index (χ1n) is 6.82. The summed E-state index contributed by atoms with van der Waals surface area (Å²) >= 11 is 0. The van der Waals surface area contributed by atoms with Crippen molar-refractivity contribution in [1.82, 2.24) is 13.9 Å². The van der Waals surface area contributed by atoms with Crippen molar-refractivity contribution in [1.29, 1.82) is 0 Å². The van der Waals surface area contributed by atoms with Crippen molar-refractivity contribution in [3.63, 3.8) is 0 Å². The van der Waals surface area contributed by atoms with Crippen LogP contribution in [-0.4, -0.2) is 56.3 Å². The lowest BCUT2D eigenvalue weighted by molar-refractivity contribution is 0.252. The van der Waals surface area contributed by atoms with Crippen molar-refractivity contribution in [3.8, 4) is 0 Å². The van der Waals surface area contributed by atoms with E-state index in [4.69, 9.17) is 0 Å². The molecule has 108 valence electrons. The van der Waals surface area contributed by atoms with Crippen LogP contribution in [0.1, 0.15) is 33.6 Å². The number of nitrogens with zero attached hydrogens (tertiary/aromatic N) is 2. The maximum absolute atomic E-state index is 12.1. The molecule has 1 rings (SSSR count). The van der Waals surface area contributed by atoms with Gasteiger partial charge in [0.1, 0.15) is 0 Å². The highest BCUT2D eigenvalue weighted by molar-refractivity contribution is 7.86. The highest BCUT2D eigenvalue weighted by Crippen LogP contribution is 2.20. The van der Waals surface area contributed by atoms with Crippen LogP contribution in [0.4, 0.5) is 0 Å². The maximum atomic E-state index is 12.1. The molecule has 1 N–H and O–H groups in total. The highest BCUT2D eigenvalue weighted by Gasteiger charge is 2.30. The Labute approximate surface area is 112 Å². The molecule has 0 aliphatic carbocycles. The van der Waals surface area contributed by atoms with Gasteiger partial charge in [0.25, 0.3) is 10.2 Å². The molecule has 0 aromatic carbocycles. The molecule has 0 unspecified atom stereocenters. The Morgan fingerprint density at radius 3 is 2.33 bits per heavy atom. The summed E-state index contributed by atoms with van der Waals surface area (Å²) in [6, 6.07) is 0.498. The monoisotopic (exact) mass is 277 g/mol. The van der Waals surface area contributed by atoms with Gasteiger partial charge in [-0.2, -0.15) is 17.0 Å². The SMILES string of the molecule is CCN(C)S(=O)(=O)N1CCC(CNC(C)C)CC1. The van der Waals surface area contributed by atoms with Crippen LogP contribution in [0.2, 0.25) is 0 Å². The van der Waals surface area contributed by atoms with E-state index in [0.29, 0.717) is 31.6 Å². The summed E-state index contributed by atoms with van der Waals surface area (Å²) in [6.45, 7) is 8.95. The zero-order valence-corrected chi connectivity index (χ0v) is 12.8. The summed E-state index contributed by atoms with van der Waals surface area (Å²) in [4.78, 5) is 0. The van der Waals surface area contributed by atoms with Crippen molar-refractivity contribution in [2.45, 2.75) is 39.7 Å². The summed E-state index contributed by atoms with van der Waals surface area (Å²) in [5, 5.41) is 3.42. The normalized spacial score (nSPS) is 19.9. The van der Waals surface area contributed by atoms with Gasteiger partial charge in [-0.05, 0) is 25.3 Å². The molecular weight excluding hydrogens is 250 g/mol. The second-order valence-electron chi connectivity index (χ2n) is 5.33. The molecule has 0 aromatic rings. The summed E-state index contributed by atoms with van der Waals surface area (Å²) < 4.78 is 27.3. The van der Waals surface area contributed by atoms with E-state index >= 15 is 0 Å². The Morgan fingerprint density at radius 1 is 1.33 bits per heavy atom. The van der Waals surface area contributed by atoms with Gasteiger partial charge in [-0.3, -0.25) is 0 Å². The fourth-order valence-electron chi connectivity index (χ4n) is 2.11. The van der Waals surface area contributed by atoms with E-state index in [9.17, 15) is 8.42 Å². The molecule has 0 saturated carbocycles. The van der Waals surface area contributed by atoms with E-state index in [-0.39, 0.29) is 0 Å². The molecule has 1 aliphatic rings. The van der Waals surface area contributed by atoms with Crippen LogP contribution < -0.4 is 5.32 Å². The summed E-state index contributed by atoms with van der Waals surface area (Å²) in [6.07, 6.45) is 1.91. The third-order valence-corrected chi connectivity index (χ3v) is 5.62. The second kappa shape index (κ2) is 6.84. The van der Waals surface area contributed by atoms with Crippen LogP contribution in [0.5, 0.6) is 0 Å². The van der Waals surface area contributed by atoms with E-state index in [1.807, 2.05) is 6.92 Å². The van der Waals surface area contributed by atoms with Crippen LogP contribution in [0.15, 0.2) is 0 Å². The molecule has 1 aliphatic heterocycles. The molecule has 1 fully saturated rings. The van der Waals surface area contributed by atoms with Gasteiger partial charge in [-0.1, -0.05) is 20.8 Å². The molecule has 18 heavy (non-hydrogen) atoms. The summed E-state index contributed by atoms with van der Waals surface area (Å²) in [5.41, 5.74) is 0. The quantitative estimate of drug-likeness (QED) is 0.784. The number of hydrogen-bond donors (Lipinski definition) is 1. The van der Waals surface area contributed by atoms with Gasteiger partial charge >= 0.3 is 0 Å². The first kappa shape index (κ1) is 15.9. The number of nitrogens with one attached hydrogen (secondary N) is 1. The summed E-state index contributed by atoms with van der Waals surface area (Å²) in [7, 11) is -1.58. The minimum Gasteiger partial charge on any atom is -0.314 e. The van der Waals surface area contributed by atoms with Gasteiger partial charge in [0.15, 0.2) is 0 Å². The fourth-order valence-corrected chi connectivity index (χ4v) is 3.50. The topological polar surface area (TPSA) is 52.7 Å². The third kappa shape index (κ3) is 4.19. The van der Waals surface area contributed by atoms with Gasteiger partial charge in [0.05, 0.1) is 0 Å². The van der Waals surface area contributed by atoms with Crippen LogP contribution in [0, 0.1) is 5.92 Å². The van der Waals surface area contributed by atoms with Crippen LogP contribution in [0.25, 0.3) is 0 Å². The Hall–Kier alpha value is -0.170. The van der Waals surface area contributed by atoms with E-state index in [0.717, 1.165) is 19.4 Å². The lowest BCUT2D eigenvalue weighted by Gasteiger charge is -2.33. The van der Waals surface area contributed by atoms with Gasteiger partial charge < -0.3 is 5.32 Å². The number of rotatable bonds is 6. The minimum atomic E-state index is -3.22. The smallest absolute Gasteiger partial charge is 0.281 e. The second-order valence-corrected chi connectivity index (χ2v) is 7.36. The number of hydrogen-bond acceptors (Lipinski definition) is 3. The Balaban J connectivity index is 2.44. The predicted octanol–water partition coefficient (Wildman–Crippen LogP) is 0.893. The Morgan fingerprint density at radius 2 is 1.89 bits per heavy atom. The molecular formula is C12H27N3O2S. The zero-order chi connectivity index (χ0) is 13.8. The molecule has 0 radical (unpaired) electrons. The van der Waals surface area contributed by atoms with E-state index < -0.39 is 10.2 Å². The van der Waals surface area contributed by atoms with Crippen LogP contribution in [-0.2, 0) is 10.2 Å². The van der Waals surface area contributed by atoms with Gasteiger partial charge in [-0.15, -0.1) is 0 Å². The van der Waals surface area contributed by atoms with Crippen molar-refractivity contribution in [2.24, 2.45) is 5.92 Å². The molecule has 0 atom stereocenters. The third-order valence-electron chi connectivity index (χ3n) is 3.55. The molecule has 5 nitrogen and oxygen atoms in total. The largest absolute Gasteiger partial charge is 0.314 e. The average molecular weight is 277 g/mol. The Bertz CT molecular complexity index is 335. The van der Waals surface area contributed by atoms with E-state index in [2.05, 4.69) is 19.2 Å². The Kier molecular flexibility index (Phi) is 6.04. The molecule has 1 saturated heterocycles. The van der Waals surface area contributed by atoms with Gasteiger partial charge in [0, 0.05) is 32.7 Å². The molecule has 1 heterocycles. The first-order chi connectivity index (χ1) is 8.37. The van der Waals surface area contributed by atoms with Crippen LogP contribution in [0.3, 0.4) is 0 Å². The lowest BCUT2D eigenvalue weighted by Crippen LogP contribution is -2.46. The van der Waals surface area contributed by atoms with Crippen molar-refractivity contribution in [2.75, 3.05) is 33.2 Å². The fraction of sp³-hybridized carbons (Fsp3) is 1.00. The highest BCUT2D eigenvalue weighted by atomic mass is 32.2. The van der Waals surface area contributed by atoms with E-state index in [1.165, 1.54) is 4.31 Å². The number of piperidine rings is 1. The molecule has 6 heteroatoms. The van der Waals surface area contributed by atoms with E-state index in [1.54, 1.807) is 11.4 Å². The first-order valence-corrected chi connectivity index (χ1v) is 8.22. The summed E-state index contributed by atoms with van der Waals surface area (Å²) in [5.74, 6) is 0.603. The van der Waals surface area contributed by atoms with Gasteiger partial charge in [0.2, 0.25) is 0 Å². The lowest BCUT2D eigenvalue weighted by atomic mass is 9.98. The van der Waals surface area contributed by atoms with Crippen molar-refractivity contribution < 1.29 is 8.42 Å². The zero-order valence-electron chi connectivity index (χ0n) is 12.0. The standard InChI is InChI=1S/C12H27N3O2S/c1-5-14(4)18(16,17)15-8-6-12(7-9-15)10-13-11(2)3/h11-13H,5-10H2,1-4H3. The van der Waals surface area contributed by atoms with Crippen molar-refractivity contribution in [3.05, 3.63) is 0 Å². The van der Waals surface area contributed by atoms with Gasteiger partial charge in [-0.25, -0.2) is 0 Å². The minimum absolute atomic E-state index is 0.498. The molecule has 0 amide bonds. The van der Waals surface area contributed by atoms with Crippen LogP contribution >= 0.6 is 0 Å². The maximum Gasteiger partial charge on any atom is 0.281 e. The predicted molar refractivity (Wildman–Crippen MR) is 74.7 cm³/mol. The van der Waals surface area contributed by atoms with Crippen molar-refractivity contribution >= 4 is 10.2 Å². The molecule has 0 aromatic heterocycles. The average Bonchev–Trinajstić information content (AvgIpc) is 2.35. The molecule has 0 bridgehead atoms.